The van der Waals surface area contributed by atoms with Crippen molar-refractivity contribution in [2.45, 2.75) is 5.92 Å². The van der Waals surface area contributed by atoms with Crippen LogP contribution in [0.1, 0.15) is 5.56 Å². The average molecular weight is 266 g/mol. The molecule has 0 saturated heterocycles. The Morgan fingerprint density at radius 3 is 2.54 bits per heavy atom. The summed E-state index contributed by atoms with van der Waals surface area (Å²) in [6, 6.07) is 5.73. The molecule has 0 unspecified atom stereocenters. The van der Waals surface area contributed by atoms with E-state index < -0.39 is 10.9 Å². The second-order valence-electron chi connectivity index (χ2n) is 2.45. The third-order valence-corrected chi connectivity index (χ3v) is 2.25. The molecular formula is C8H6BrF2NS. The Morgan fingerprint density at radius 1 is 1.46 bits per heavy atom. The molecule has 0 heterocycles. The zero-order valence-corrected chi connectivity index (χ0v) is 8.83. The molecule has 1 aromatic rings. The molecule has 1 rings (SSSR count). The number of benzene rings is 1. The highest BCUT2D eigenvalue weighted by Gasteiger charge is 2.35. The lowest BCUT2D eigenvalue weighted by molar-refractivity contribution is 0.0775. The number of hydrogen-bond donors (Lipinski definition) is 1. The molecule has 0 amide bonds. The summed E-state index contributed by atoms with van der Waals surface area (Å²) in [5.41, 5.74) is 4.72. The first kappa shape index (κ1) is 10.5. The van der Waals surface area contributed by atoms with E-state index in [-0.39, 0.29) is 5.56 Å². The second kappa shape index (κ2) is 3.67. The molecule has 0 aliphatic rings. The van der Waals surface area contributed by atoms with Crippen molar-refractivity contribution in [3.63, 3.8) is 0 Å². The maximum atomic E-state index is 13.2. The van der Waals surface area contributed by atoms with Crippen LogP contribution >= 0.6 is 28.1 Å². The fourth-order valence-corrected chi connectivity index (χ4v) is 1.34. The summed E-state index contributed by atoms with van der Waals surface area (Å²) in [6.45, 7) is 0. The Kier molecular flexibility index (Phi) is 2.98. The minimum absolute atomic E-state index is 0.200. The van der Waals surface area contributed by atoms with Gasteiger partial charge < -0.3 is 5.73 Å². The third-order valence-electron chi connectivity index (χ3n) is 1.50. The van der Waals surface area contributed by atoms with Crippen molar-refractivity contribution in [2.24, 2.45) is 5.73 Å². The van der Waals surface area contributed by atoms with E-state index in [1.165, 1.54) is 18.2 Å². The van der Waals surface area contributed by atoms with Crippen LogP contribution in [-0.2, 0) is 5.92 Å². The van der Waals surface area contributed by atoms with Crippen LogP contribution in [-0.4, -0.2) is 4.99 Å². The van der Waals surface area contributed by atoms with Gasteiger partial charge in [0.05, 0.1) is 0 Å². The van der Waals surface area contributed by atoms with Gasteiger partial charge in [0.2, 0.25) is 0 Å². The molecule has 5 heteroatoms. The molecule has 0 radical (unpaired) electrons. The normalized spacial score (nSPS) is 11.3. The van der Waals surface area contributed by atoms with Gasteiger partial charge in [-0.25, -0.2) is 0 Å². The molecule has 1 nitrogen and oxygen atoms in total. The lowest BCUT2D eigenvalue weighted by Crippen LogP contribution is -2.31. The molecule has 70 valence electrons. The first-order chi connectivity index (χ1) is 5.94. The van der Waals surface area contributed by atoms with E-state index in [2.05, 4.69) is 28.1 Å². The van der Waals surface area contributed by atoms with Gasteiger partial charge in [0.15, 0.2) is 0 Å². The van der Waals surface area contributed by atoms with Crippen LogP contribution in [0.2, 0.25) is 0 Å². The quantitative estimate of drug-likeness (QED) is 0.833. The summed E-state index contributed by atoms with van der Waals surface area (Å²) in [5, 5.41) is 0. The number of thiocarbonyl (C=S) groups is 1. The van der Waals surface area contributed by atoms with Crippen LogP contribution in [0.4, 0.5) is 8.78 Å². The Morgan fingerprint density at radius 2 is 2.08 bits per heavy atom. The van der Waals surface area contributed by atoms with E-state index in [0.29, 0.717) is 4.47 Å². The Labute approximate surface area is 88.1 Å². The van der Waals surface area contributed by atoms with Gasteiger partial charge in [0, 0.05) is 10.0 Å². The average Bonchev–Trinajstić information content (AvgIpc) is 2.04. The maximum absolute atomic E-state index is 13.2. The van der Waals surface area contributed by atoms with Crippen LogP contribution < -0.4 is 5.73 Å². The molecule has 2 N–H and O–H groups in total. The lowest BCUT2D eigenvalue weighted by atomic mass is 10.1. The van der Waals surface area contributed by atoms with Crippen molar-refractivity contribution in [3.8, 4) is 0 Å². The Balaban J connectivity index is 3.14. The van der Waals surface area contributed by atoms with E-state index >= 15 is 0 Å². The molecule has 0 atom stereocenters. The predicted octanol–water partition coefficient (Wildman–Crippen LogP) is 2.83. The van der Waals surface area contributed by atoms with E-state index in [0.717, 1.165) is 0 Å². The van der Waals surface area contributed by atoms with Crippen molar-refractivity contribution >= 4 is 33.1 Å². The summed E-state index contributed by atoms with van der Waals surface area (Å²) in [7, 11) is 0. The standard InChI is InChI=1S/C8H6BrF2NS/c9-6-3-1-2-5(4-6)8(10,11)7(12)13/h1-4H,(H2,12,13). The molecule has 0 spiro atoms. The maximum Gasteiger partial charge on any atom is 0.322 e. The van der Waals surface area contributed by atoms with Gasteiger partial charge in [-0.1, -0.05) is 40.3 Å². The van der Waals surface area contributed by atoms with Gasteiger partial charge in [0.25, 0.3) is 0 Å². The van der Waals surface area contributed by atoms with Gasteiger partial charge in [-0.15, -0.1) is 0 Å². The zero-order valence-electron chi connectivity index (χ0n) is 6.43. The summed E-state index contributed by atoms with van der Waals surface area (Å²) in [5.74, 6) is -3.24. The number of alkyl halides is 2. The molecular weight excluding hydrogens is 260 g/mol. The Hall–Kier alpha value is -0.550. The topological polar surface area (TPSA) is 26.0 Å². The van der Waals surface area contributed by atoms with Crippen LogP contribution in [0.3, 0.4) is 0 Å². The van der Waals surface area contributed by atoms with E-state index in [9.17, 15) is 8.78 Å². The Bertz CT molecular complexity index is 341. The number of nitrogens with two attached hydrogens (primary N) is 1. The van der Waals surface area contributed by atoms with Crippen LogP contribution in [0.5, 0.6) is 0 Å². The summed E-state index contributed by atoms with van der Waals surface area (Å²) >= 11 is 7.36. The first-order valence-electron chi connectivity index (χ1n) is 3.38. The fourth-order valence-electron chi connectivity index (χ4n) is 0.826. The SMILES string of the molecule is NC(=S)C(F)(F)c1cccc(Br)c1. The molecule has 0 aromatic heterocycles. The molecule has 0 aliphatic carbocycles. The monoisotopic (exact) mass is 265 g/mol. The highest BCUT2D eigenvalue weighted by Crippen LogP contribution is 2.29. The van der Waals surface area contributed by atoms with E-state index in [4.69, 9.17) is 5.73 Å². The minimum Gasteiger partial charge on any atom is -0.388 e. The summed E-state index contributed by atoms with van der Waals surface area (Å²) in [6.07, 6.45) is 0. The van der Waals surface area contributed by atoms with Gasteiger partial charge in [-0.05, 0) is 12.1 Å². The molecule has 0 aliphatic heterocycles. The van der Waals surface area contributed by atoms with Crippen LogP contribution in [0.25, 0.3) is 0 Å². The van der Waals surface area contributed by atoms with Gasteiger partial charge in [-0.2, -0.15) is 8.78 Å². The zero-order chi connectivity index (χ0) is 10.1. The lowest BCUT2D eigenvalue weighted by Gasteiger charge is -2.14. The van der Waals surface area contributed by atoms with Crippen LogP contribution in [0, 0.1) is 0 Å². The second-order valence-corrected chi connectivity index (χ2v) is 3.80. The largest absolute Gasteiger partial charge is 0.388 e. The van der Waals surface area contributed by atoms with Gasteiger partial charge >= 0.3 is 5.92 Å². The van der Waals surface area contributed by atoms with Crippen LogP contribution in [0.15, 0.2) is 28.7 Å². The van der Waals surface area contributed by atoms with Crippen molar-refractivity contribution in [2.75, 3.05) is 0 Å². The molecule has 1 aromatic carbocycles. The number of halogens is 3. The summed E-state index contributed by atoms with van der Waals surface area (Å²) in [4.78, 5) is -0.814. The molecule has 13 heavy (non-hydrogen) atoms. The highest BCUT2D eigenvalue weighted by atomic mass is 79.9. The first-order valence-corrected chi connectivity index (χ1v) is 4.58. The van der Waals surface area contributed by atoms with E-state index in [1.807, 2.05) is 0 Å². The number of rotatable bonds is 2. The molecule has 0 bridgehead atoms. The highest BCUT2D eigenvalue weighted by molar-refractivity contribution is 9.10. The summed E-state index contributed by atoms with van der Waals surface area (Å²) < 4.78 is 26.9. The predicted molar refractivity (Wildman–Crippen MR) is 54.8 cm³/mol. The third kappa shape index (κ3) is 2.22. The van der Waals surface area contributed by atoms with Crippen molar-refractivity contribution < 1.29 is 8.78 Å². The van der Waals surface area contributed by atoms with Crippen molar-refractivity contribution in [1.29, 1.82) is 0 Å². The van der Waals surface area contributed by atoms with Crippen molar-refractivity contribution in [1.82, 2.24) is 0 Å². The van der Waals surface area contributed by atoms with Gasteiger partial charge in [0.1, 0.15) is 4.99 Å². The fraction of sp³-hybridized carbons (Fsp3) is 0.125. The minimum atomic E-state index is -3.24. The smallest absolute Gasteiger partial charge is 0.322 e. The van der Waals surface area contributed by atoms with E-state index in [1.54, 1.807) is 6.07 Å². The van der Waals surface area contributed by atoms with Gasteiger partial charge in [-0.3, -0.25) is 0 Å². The van der Waals surface area contributed by atoms with Crippen molar-refractivity contribution in [3.05, 3.63) is 34.3 Å². The molecule has 0 saturated carbocycles. The number of hydrogen-bond acceptors (Lipinski definition) is 1. The molecule has 0 fully saturated rings.